The lowest BCUT2D eigenvalue weighted by molar-refractivity contribution is -0.933. The molecular weight excluding hydrogens is 292 g/mol. The Morgan fingerprint density at radius 1 is 1.27 bits per heavy atom. The molecule has 1 unspecified atom stereocenters. The number of likely N-dealkylation sites (N-methyl/N-ethyl adjacent to an activating group) is 1. The van der Waals surface area contributed by atoms with Crippen LogP contribution in [0, 0.1) is 0 Å². The van der Waals surface area contributed by atoms with Crippen molar-refractivity contribution in [3.8, 4) is 0 Å². The van der Waals surface area contributed by atoms with Crippen molar-refractivity contribution in [1.29, 1.82) is 0 Å². The Bertz CT molecular complexity index is 593. The molecule has 1 heterocycles. The number of quaternary nitrogens is 1. The minimum atomic E-state index is -0.131. The first kappa shape index (κ1) is 15.3. The van der Waals surface area contributed by atoms with E-state index < -0.39 is 0 Å². The SMILES string of the molecule is CC[NH+](Cc1cccs1)[C@H](C(=O)NC1CC1)c1ccccc1. The minimum absolute atomic E-state index is 0.131. The molecule has 3 nitrogen and oxygen atoms in total. The second kappa shape index (κ2) is 7.07. The Morgan fingerprint density at radius 2 is 2.05 bits per heavy atom. The molecule has 4 heteroatoms. The molecule has 0 bridgehead atoms. The summed E-state index contributed by atoms with van der Waals surface area (Å²) in [6.45, 7) is 3.98. The number of nitrogens with one attached hydrogen (secondary N) is 2. The van der Waals surface area contributed by atoms with E-state index in [1.165, 1.54) is 9.78 Å². The molecule has 2 N–H and O–H groups in total. The summed E-state index contributed by atoms with van der Waals surface area (Å²) in [6, 6.07) is 14.7. The number of hydrogen-bond acceptors (Lipinski definition) is 2. The lowest BCUT2D eigenvalue weighted by Gasteiger charge is -2.27. The van der Waals surface area contributed by atoms with Gasteiger partial charge in [-0.05, 0) is 31.2 Å². The average molecular weight is 315 g/mol. The zero-order valence-corrected chi connectivity index (χ0v) is 13.7. The highest BCUT2D eigenvalue weighted by Crippen LogP contribution is 2.20. The van der Waals surface area contributed by atoms with Gasteiger partial charge in [-0.15, -0.1) is 11.3 Å². The Labute approximate surface area is 136 Å². The van der Waals surface area contributed by atoms with Gasteiger partial charge in [0.05, 0.1) is 11.4 Å². The number of rotatable bonds is 7. The average Bonchev–Trinajstić information content (AvgIpc) is 3.20. The van der Waals surface area contributed by atoms with Crippen molar-refractivity contribution >= 4 is 17.2 Å². The largest absolute Gasteiger partial charge is 0.348 e. The van der Waals surface area contributed by atoms with Gasteiger partial charge in [0, 0.05) is 11.6 Å². The van der Waals surface area contributed by atoms with Crippen LogP contribution < -0.4 is 10.2 Å². The van der Waals surface area contributed by atoms with Crippen LogP contribution in [0.2, 0.25) is 0 Å². The van der Waals surface area contributed by atoms with E-state index in [-0.39, 0.29) is 11.9 Å². The molecule has 2 aromatic rings. The van der Waals surface area contributed by atoms with Gasteiger partial charge in [-0.25, -0.2) is 0 Å². The Balaban J connectivity index is 1.83. The molecule has 1 aromatic heterocycles. The van der Waals surface area contributed by atoms with Crippen molar-refractivity contribution in [2.75, 3.05) is 6.54 Å². The van der Waals surface area contributed by atoms with E-state index in [9.17, 15) is 4.79 Å². The Hall–Kier alpha value is -1.65. The maximum atomic E-state index is 12.8. The van der Waals surface area contributed by atoms with Crippen LogP contribution in [-0.4, -0.2) is 18.5 Å². The van der Waals surface area contributed by atoms with Crippen LogP contribution in [0.4, 0.5) is 0 Å². The van der Waals surface area contributed by atoms with Crippen molar-refractivity contribution in [2.45, 2.75) is 38.4 Å². The lowest BCUT2D eigenvalue weighted by atomic mass is 10.0. The molecule has 3 rings (SSSR count). The van der Waals surface area contributed by atoms with Gasteiger partial charge in [0.15, 0.2) is 6.04 Å². The van der Waals surface area contributed by atoms with Crippen molar-refractivity contribution < 1.29 is 9.69 Å². The molecule has 1 aliphatic rings. The van der Waals surface area contributed by atoms with Crippen LogP contribution in [0.5, 0.6) is 0 Å². The van der Waals surface area contributed by atoms with Gasteiger partial charge < -0.3 is 10.2 Å². The summed E-state index contributed by atoms with van der Waals surface area (Å²) in [4.78, 5) is 15.4. The summed E-state index contributed by atoms with van der Waals surface area (Å²) in [5, 5.41) is 5.29. The van der Waals surface area contributed by atoms with Crippen LogP contribution >= 0.6 is 11.3 Å². The van der Waals surface area contributed by atoms with Gasteiger partial charge in [-0.3, -0.25) is 4.79 Å². The summed E-state index contributed by atoms with van der Waals surface area (Å²) < 4.78 is 0. The first-order valence-electron chi connectivity index (χ1n) is 8.00. The van der Waals surface area contributed by atoms with E-state index in [4.69, 9.17) is 0 Å². The monoisotopic (exact) mass is 315 g/mol. The third-order valence-corrected chi connectivity index (χ3v) is 5.04. The molecular formula is C18H23N2OS+. The fraction of sp³-hybridized carbons (Fsp3) is 0.389. The maximum absolute atomic E-state index is 12.8. The van der Waals surface area contributed by atoms with Gasteiger partial charge in [-0.1, -0.05) is 36.4 Å². The number of amides is 1. The minimum Gasteiger partial charge on any atom is -0.348 e. The van der Waals surface area contributed by atoms with E-state index >= 15 is 0 Å². The molecule has 1 saturated carbocycles. The number of carbonyl (C=O) groups excluding carboxylic acids is 1. The first-order valence-corrected chi connectivity index (χ1v) is 8.88. The summed E-state index contributed by atoms with van der Waals surface area (Å²) in [5.74, 6) is 0.169. The van der Waals surface area contributed by atoms with Crippen LogP contribution in [0.1, 0.15) is 36.2 Å². The Kier molecular flexibility index (Phi) is 4.90. The summed E-state index contributed by atoms with van der Waals surface area (Å²) in [7, 11) is 0. The van der Waals surface area contributed by atoms with Crippen LogP contribution in [0.25, 0.3) is 0 Å². The highest BCUT2D eigenvalue weighted by molar-refractivity contribution is 7.09. The van der Waals surface area contributed by atoms with E-state index in [0.717, 1.165) is 31.5 Å². The van der Waals surface area contributed by atoms with Crippen molar-refractivity contribution in [3.63, 3.8) is 0 Å². The van der Waals surface area contributed by atoms with E-state index in [1.807, 2.05) is 18.2 Å². The summed E-state index contributed by atoms with van der Waals surface area (Å²) >= 11 is 1.76. The number of carbonyl (C=O) groups is 1. The smallest absolute Gasteiger partial charge is 0.283 e. The molecule has 0 spiro atoms. The third-order valence-electron chi connectivity index (χ3n) is 4.16. The first-order chi connectivity index (χ1) is 10.8. The van der Waals surface area contributed by atoms with E-state index in [2.05, 4.69) is 41.9 Å². The van der Waals surface area contributed by atoms with E-state index in [0.29, 0.717) is 6.04 Å². The molecule has 1 aliphatic carbocycles. The topological polar surface area (TPSA) is 33.5 Å². The summed E-state index contributed by atoms with van der Waals surface area (Å²) in [6.07, 6.45) is 2.25. The molecule has 116 valence electrons. The van der Waals surface area contributed by atoms with Gasteiger partial charge >= 0.3 is 0 Å². The fourth-order valence-corrected chi connectivity index (χ4v) is 3.56. The van der Waals surface area contributed by atoms with Gasteiger partial charge in [0.2, 0.25) is 0 Å². The molecule has 2 atom stereocenters. The van der Waals surface area contributed by atoms with Crippen LogP contribution in [0.3, 0.4) is 0 Å². The molecule has 0 radical (unpaired) electrons. The van der Waals surface area contributed by atoms with E-state index in [1.54, 1.807) is 11.3 Å². The van der Waals surface area contributed by atoms with Crippen LogP contribution in [-0.2, 0) is 11.3 Å². The number of thiophene rings is 1. The third kappa shape index (κ3) is 3.76. The lowest BCUT2D eigenvalue weighted by Crippen LogP contribution is -3.11. The molecule has 1 aromatic carbocycles. The molecule has 0 aliphatic heterocycles. The zero-order chi connectivity index (χ0) is 15.4. The Morgan fingerprint density at radius 3 is 2.64 bits per heavy atom. The zero-order valence-electron chi connectivity index (χ0n) is 12.9. The fourth-order valence-electron chi connectivity index (χ4n) is 2.80. The predicted octanol–water partition coefficient (Wildman–Crippen LogP) is 2.17. The van der Waals surface area contributed by atoms with Crippen molar-refractivity contribution in [3.05, 3.63) is 58.3 Å². The molecule has 22 heavy (non-hydrogen) atoms. The van der Waals surface area contributed by atoms with Crippen molar-refractivity contribution in [1.82, 2.24) is 5.32 Å². The second-order valence-corrected chi connectivity index (χ2v) is 6.93. The van der Waals surface area contributed by atoms with Gasteiger partial charge in [0.25, 0.3) is 5.91 Å². The normalized spacial score (nSPS) is 17.0. The quantitative estimate of drug-likeness (QED) is 0.807. The molecule has 1 amide bonds. The number of hydrogen-bond donors (Lipinski definition) is 2. The van der Waals surface area contributed by atoms with Gasteiger partial charge in [-0.2, -0.15) is 0 Å². The number of benzene rings is 1. The second-order valence-electron chi connectivity index (χ2n) is 5.89. The maximum Gasteiger partial charge on any atom is 0.283 e. The highest BCUT2D eigenvalue weighted by atomic mass is 32.1. The predicted molar refractivity (Wildman–Crippen MR) is 89.9 cm³/mol. The summed E-state index contributed by atoms with van der Waals surface area (Å²) in [5.41, 5.74) is 1.11. The molecule has 1 fully saturated rings. The highest BCUT2D eigenvalue weighted by Gasteiger charge is 2.34. The molecule has 0 saturated heterocycles. The van der Waals surface area contributed by atoms with Crippen molar-refractivity contribution in [2.24, 2.45) is 0 Å². The van der Waals surface area contributed by atoms with Gasteiger partial charge in [0.1, 0.15) is 6.54 Å². The van der Waals surface area contributed by atoms with Crippen LogP contribution in [0.15, 0.2) is 47.8 Å². The standard InChI is InChI=1S/C18H22N2OS/c1-2-20(13-16-9-6-12-22-16)17(14-7-4-3-5-8-14)18(21)19-15-10-11-15/h3-9,12,15,17H,2,10-11,13H2,1H3,(H,19,21)/p+1/t17-/m0/s1.